The van der Waals surface area contributed by atoms with Gasteiger partial charge in [-0.05, 0) is 49.7 Å². The Morgan fingerprint density at radius 1 is 1.04 bits per heavy atom. The molecule has 2 fully saturated rings. The number of nitrogens with one attached hydrogen (secondary N) is 1. The molecule has 2 heterocycles. The average molecular weight is 366 g/mol. The van der Waals surface area contributed by atoms with Gasteiger partial charge >= 0.3 is 0 Å². The van der Waals surface area contributed by atoms with Gasteiger partial charge in [0, 0.05) is 38.8 Å². The van der Waals surface area contributed by atoms with Gasteiger partial charge in [0.15, 0.2) is 0 Å². The number of aryl methyl sites for hydroxylation is 1. The van der Waals surface area contributed by atoms with Crippen molar-refractivity contribution in [1.29, 1.82) is 0 Å². The zero-order chi connectivity index (χ0) is 17.9. The number of likely N-dealkylation sites (tertiary alicyclic amines) is 1. The molecule has 1 aromatic rings. The van der Waals surface area contributed by atoms with Gasteiger partial charge in [0.05, 0.1) is 0 Å². The quantitative estimate of drug-likeness (QED) is 0.872. The minimum Gasteiger partial charge on any atom is -0.299 e. The molecule has 25 heavy (non-hydrogen) atoms. The number of hydrogen-bond acceptors (Lipinski definition) is 3. The molecule has 6 heteroatoms. The third kappa shape index (κ3) is 5.03. The Morgan fingerprint density at radius 3 is 2.32 bits per heavy atom. The molecule has 2 saturated heterocycles. The summed E-state index contributed by atoms with van der Waals surface area (Å²) in [6.45, 7) is 8.50. The first kappa shape index (κ1) is 18.8. The summed E-state index contributed by atoms with van der Waals surface area (Å²) in [5.74, 6) is 0.635. The Balaban J connectivity index is 1.48. The predicted octanol–water partition coefficient (Wildman–Crippen LogP) is 2.53. The summed E-state index contributed by atoms with van der Waals surface area (Å²) in [4.78, 5) is 2.43. The normalized spacial score (nSPS) is 22.3. The largest absolute Gasteiger partial charge is 0.299 e. The SMILES string of the molecule is Cc1ccccc1CN1CCC(NS(=O)(=O)N2CCC(C)CC2)CC1. The molecule has 0 atom stereocenters. The van der Waals surface area contributed by atoms with Crippen LogP contribution in [0.1, 0.15) is 43.7 Å². The van der Waals surface area contributed by atoms with Gasteiger partial charge in [-0.2, -0.15) is 17.4 Å². The molecule has 2 aliphatic heterocycles. The lowest BCUT2D eigenvalue weighted by Crippen LogP contribution is -2.51. The summed E-state index contributed by atoms with van der Waals surface area (Å²) in [7, 11) is -3.32. The number of hydrogen-bond donors (Lipinski definition) is 1. The Bertz CT molecular complexity index is 661. The van der Waals surface area contributed by atoms with Crippen molar-refractivity contribution in [1.82, 2.24) is 13.9 Å². The van der Waals surface area contributed by atoms with Crippen LogP contribution in [0.25, 0.3) is 0 Å². The zero-order valence-corrected chi connectivity index (χ0v) is 16.3. The molecule has 0 spiro atoms. The van der Waals surface area contributed by atoms with E-state index < -0.39 is 10.2 Å². The third-order valence-corrected chi connectivity index (χ3v) is 7.32. The van der Waals surface area contributed by atoms with Gasteiger partial charge < -0.3 is 0 Å². The topological polar surface area (TPSA) is 52.7 Å². The Kier molecular flexibility index (Phi) is 6.15. The van der Waals surface area contributed by atoms with E-state index in [9.17, 15) is 8.42 Å². The van der Waals surface area contributed by atoms with Crippen molar-refractivity contribution in [2.24, 2.45) is 5.92 Å². The van der Waals surface area contributed by atoms with E-state index in [1.807, 2.05) is 0 Å². The van der Waals surface area contributed by atoms with Crippen molar-refractivity contribution in [3.63, 3.8) is 0 Å². The summed E-state index contributed by atoms with van der Waals surface area (Å²) in [6, 6.07) is 8.55. The Morgan fingerprint density at radius 2 is 1.68 bits per heavy atom. The minimum atomic E-state index is -3.32. The highest BCUT2D eigenvalue weighted by Crippen LogP contribution is 2.20. The van der Waals surface area contributed by atoms with Gasteiger partial charge in [-0.15, -0.1) is 0 Å². The number of benzene rings is 1. The van der Waals surface area contributed by atoms with Crippen molar-refractivity contribution in [3.8, 4) is 0 Å². The first-order valence-electron chi connectivity index (χ1n) is 9.48. The highest BCUT2D eigenvalue weighted by Gasteiger charge is 2.30. The molecule has 0 saturated carbocycles. The summed E-state index contributed by atoms with van der Waals surface area (Å²) < 4.78 is 29.7. The molecule has 0 amide bonds. The van der Waals surface area contributed by atoms with E-state index in [1.54, 1.807) is 4.31 Å². The van der Waals surface area contributed by atoms with Gasteiger partial charge in [0.25, 0.3) is 10.2 Å². The van der Waals surface area contributed by atoms with E-state index in [0.29, 0.717) is 19.0 Å². The van der Waals surface area contributed by atoms with Crippen LogP contribution in [0.5, 0.6) is 0 Å². The van der Waals surface area contributed by atoms with Gasteiger partial charge in [-0.1, -0.05) is 31.2 Å². The smallest absolute Gasteiger partial charge is 0.279 e. The van der Waals surface area contributed by atoms with Crippen molar-refractivity contribution >= 4 is 10.2 Å². The van der Waals surface area contributed by atoms with E-state index >= 15 is 0 Å². The molecule has 140 valence electrons. The monoisotopic (exact) mass is 365 g/mol. The summed E-state index contributed by atoms with van der Waals surface area (Å²) >= 11 is 0. The van der Waals surface area contributed by atoms with Crippen LogP contribution in [0.2, 0.25) is 0 Å². The van der Waals surface area contributed by atoms with Gasteiger partial charge in [0.1, 0.15) is 0 Å². The summed E-state index contributed by atoms with van der Waals surface area (Å²) in [5, 5.41) is 0. The van der Waals surface area contributed by atoms with Crippen LogP contribution in [0, 0.1) is 12.8 Å². The van der Waals surface area contributed by atoms with Crippen molar-refractivity contribution in [3.05, 3.63) is 35.4 Å². The van der Waals surface area contributed by atoms with Crippen molar-refractivity contribution < 1.29 is 8.42 Å². The highest BCUT2D eigenvalue weighted by molar-refractivity contribution is 7.87. The maximum absolute atomic E-state index is 12.6. The Labute approximate surface area is 152 Å². The third-order valence-electron chi connectivity index (χ3n) is 5.64. The van der Waals surface area contributed by atoms with Crippen LogP contribution in [-0.2, 0) is 16.8 Å². The maximum Gasteiger partial charge on any atom is 0.279 e. The van der Waals surface area contributed by atoms with Gasteiger partial charge in [-0.3, -0.25) is 4.90 Å². The van der Waals surface area contributed by atoms with E-state index in [0.717, 1.165) is 45.3 Å². The molecular weight excluding hydrogens is 334 g/mol. The first-order chi connectivity index (χ1) is 11.9. The molecule has 0 unspecified atom stereocenters. The molecule has 0 bridgehead atoms. The highest BCUT2D eigenvalue weighted by atomic mass is 32.2. The molecule has 1 aromatic carbocycles. The lowest BCUT2D eigenvalue weighted by molar-refractivity contribution is 0.197. The molecule has 0 radical (unpaired) electrons. The van der Waals surface area contributed by atoms with E-state index in [-0.39, 0.29) is 6.04 Å². The second-order valence-electron chi connectivity index (χ2n) is 7.68. The van der Waals surface area contributed by atoms with Crippen LogP contribution in [0.15, 0.2) is 24.3 Å². The summed E-state index contributed by atoms with van der Waals surface area (Å²) in [5.41, 5.74) is 2.69. The standard InChI is InChI=1S/C19H31N3O2S/c1-16-7-13-22(14-8-16)25(23,24)20-19-9-11-21(12-10-19)15-18-6-4-3-5-17(18)2/h3-6,16,19-20H,7-15H2,1-2H3. The lowest BCUT2D eigenvalue weighted by atomic mass is 10.0. The van der Waals surface area contributed by atoms with E-state index in [1.165, 1.54) is 11.1 Å². The maximum atomic E-state index is 12.6. The molecule has 2 aliphatic rings. The molecular formula is C19H31N3O2S. The zero-order valence-electron chi connectivity index (χ0n) is 15.4. The van der Waals surface area contributed by atoms with Crippen molar-refractivity contribution in [2.45, 2.75) is 52.1 Å². The molecule has 5 nitrogen and oxygen atoms in total. The van der Waals surface area contributed by atoms with Crippen molar-refractivity contribution in [2.75, 3.05) is 26.2 Å². The fraction of sp³-hybridized carbons (Fsp3) is 0.684. The van der Waals surface area contributed by atoms with Crippen LogP contribution < -0.4 is 4.72 Å². The minimum absolute atomic E-state index is 0.0671. The fourth-order valence-electron chi connectivity index (χ4n) is 3.75. The van der Waals surface area contributed by atoms with Gasteiger partial charge in [0.2, 0.25) is 0 Å². The van der Waals surface area contributed by atoms with Crippen LogP contribution in [0.4, 0.5) is 0 Å². The second kappa shape index (κ2) is 8.16. The summed E-state index contributed by atoms with van der Waals surface area (Å²) in [6.07, 6.45) is 3.70. The predicted molar refractivity (Wildman–Crippen MR) is 102 cm³/mol. The molecule has 3 rings (SSSR count). The van der Waals surface area contributed by atoms with Crippen LogP contribution in [0.3, 0.4) is 0 Å². The second-order valence-corrected chi connectivity index (χ2v) is 9.38. The number of piperidine rings is 2. The van der Waals surface area contributed by atoms with Crippen LogP contribution >= 0.6 is 0 Å². The lowest BCUT2D eigenvalue weighted by Gasteiger charge is -2.35. The van der Waals surface area contributed by atoms with Crippen LogP contribution in [-0.4, -0.2) is 49.8 Å². The van der Waals surface area contributed by atoms with E-state index in [4.69, 9.17) is 0 Å². The molecule has 1 N–H and O–H groups in total. The Hall–Kier alpha value is -0.950. The van der Waals surface area contributed by atoms with Gasteiger partial charge in [-0.25, -0.2) is 0 Å². The molecule has 0 aliphatic carbocycles. The fourth-order valence-corrected chi connectivity index (χ4v) is 5.25. The molecule has 0 aromatic heterocycles. The number of rotatable bonds is 5. The average Bonchev–Trinajstić information content (AvgIpc) is 2.59. The number of nitrogens with zero attached hydrogens (tertiary/aromatic N) is 2. The van der Waals surface area contributed by atoms with E-state index in [2.05, 4.69) is 47.7 Å². The first-order valence-corrected chi connectivity index (χ1v) is 10.9.